The topological polar surface area (TPSA) is 64.8 Å². The minimum Gasteiger partial charge on any atom is -0.351 e. The molecule has 0 aliphatic rings. The Morgan fingerprint density at radius 1 is 0.769 bits per heavy atom. The molecule has 5 nitrogen and oxygen atoms in total. The Balaban J connectivity index is 1.54. The van der Waals surface area contributed by atoms with Crippen molar-refractivity contribution in [1.29, 1.82) is 0 Å². The summed E-state index contributed by atoms with van der Waals surface area (Å²) in [5.74, 6) is 0.0597. The zero-order valence-corrected chi connectivity index (χ0v) is 23.0. The number of fused-ring (bicyclic) bond motifs is 1. The zero-order chi connectivity index (χ0) is 27.5. The predicted molar refractivity (Wildman–Crippen MR) is 159 cm³/mol. The summed E-state index contributed by atoms with van der Waals surface area (Å²) in [6, 6.07) is 34.7. The van der Waals surface area contributed by atoms with E-state index in [0.29, 0.717) is 32.7 Å². The van der Waals surface area contributed by atoms with Crippen molar-refractivity contribution in [2.24, 2.45) is 5.73 Å². The number of nitrogens with zero attached hydrogens (tertiary/aromatic N) is 1. The minimum absolute atomic E-state index is 0.0903. The average Bonchev–Trinajstić information content (AvgIpc) is 2.97. The first-order valence-corrected chi connectivity index (χ1v) is 13.9. The van der Waals surface area contributed by atoms with E-state index in [2.05, 4.69) is 78.9 Å². The molecule has 0 aliphatic carbocycles. The van der Waals surface area contributed by atoms with E-state index in [4.69, 9.17) is 15.2 Å². The van der Waals surface area contributed by atoms with Crippen LogP contribution in [-0.2, 0) is 20.7 Å². The summed E-state index contributed by atoms with van der Waals surface area (Å²) in [5, 5.41) is 2.32. The first-order valence-electron chi connectivity index (χ1n) is 13.9. The van der Waals surface area contributed by atoms with Crippen LogP contribution in [-0.4, -0.2) is 49.4 Å². The number of carbonyl (C=O) groups excluding carboxylic acids is 1. The molecule has 0 aliphatic heterocycles. The highest BCUT2D eigenvalue weighted by Crippen LogP contribution is 2.28. The van der Waals surface area contributed by atoms with E-state index < -0.39 is 12.3 Å². The minimum atomic E-state index is -0.665. The lowest BCUT2D eigenvalue weighted by Crippen LogP contribution is -2.49. The van der Waals surface area contributed by atoms with Gasteiger partial charge in [-0.2, -0.15) is 0 Å². The molecule has 1 atom stereocenters. The third kappa shape index (κ3) is 7.99. The van der Waals surface area contributed by atoms with Crippen molar-refractivity contribution < 1.29 is 14.3 Å². The highest BCUT2D eigenvalue weighted by molar-refractivity contribution is 5.84. The third-order valence-electron chi connectivity index (χ3n) is 7.06. The molecule has 0 spiro atoms. The number of benzene rings is 4. The van der Waals surface area contributed by atoms with Gasteiger partial charge in [0.15, 0.2) is 6.29 Å². The first-order chi connectivity index (χ1) is 19.1. The van der Waals surface area contributed by atoms with E-state index in [1.54, 1.807) is 0 Å². The van der Waals surface area contributed by atoms with E-state index in [1.807, 2.05) is 43.0 Å². The summed E-state index contributed by atoms with van der Waals surface area (Å²) in [5.41, 5.74) is 10.1. The molecule has 4 rings (SSSR count). The largest absolute Gasteiger partial charge is 0.351 e. The Morgan fingerprint density at radius 2 is 1.33 bits per heavy atom. The van der Waals surface area contributed by atoms with Crippen LogP contribution in [0.2, 0.25) is 0 Å². The van der Waals surface area contributed by atoms with Crippen LogP contribution < -0.4 is 5.73 Å². The average molecular weight is 525 g/mol. The van der Waals surface area contributed by atoms with Crippen LogP contribution in [0.3, 0.4) is 0 Å². The molecule has 39 heavy (non-hydrogen) atoms. The first kappa shape index (κ1) is 28.5. The summed E-state index contributed by atoms with van der Waals surface area (Å²) in [6.07, 6.45) is 0.728. The summed E-state index contributed by atoms with van der Waals surface area (Å²) in [6.45, 7) is 5.76. The van der Waals surface area contributed by atoms with Crippen molar-refractivity contribution >= 4 is 16.7 Å². The Hall–Kier alpha value is -3.51. The van der Waals surface area contributed by atoms with Crippen molar-refractivity contribution in [1.82, 2.24) is 4.90 Å². The fourth-order valence-electron chi connectivity index (χ4n) is 5.12. The van der Waals surface area contributed by atoms with Crippen LogP contribution >= 0.6 is 0 Å². The van der Waals surface area contributed by atoms with Gasteiger partial charge in [-0.1, -0.05) is 103 Å². The number of hydrogen-bond acceptors (Lipinski definition) is 4. The Bertz CT molecular complexity index is 1250. The van der Waals surface area contributed by atoms with E-state index in [-0.39, 0.29) is 11.8 Å². The fraction of sp³-hybridized carbons (Fsp3) is 0.324. The normalized spacial score (nSPS) is 12.2. The molecular weight excluding hydrogens is 484 g/mol. The maximum absolute atomic E-state index is 13.8. The standard InChI is InChI=1S/C34H40N2O3/c1-3-38-33(39-4-2)25-36(22-21-31(28-14-7-5-8-15-28)29-16-9-6-10-17-29)34(37)32(35)24-26-19-20-27-13-11-12-18-30(27)23-26/h5-20,23,31-33H,3-4,21-22,24-25,35H2,1-2H3. The summed E-state index contributed by atoms with van der Waals surface area (Å²) in [7, 11) is 0. The van der Waals surface area contributed by atoms with Crippen molar-refractivity contribution in [2.45, 2.75) is 44.9 Å². The lowest BCUT2D eigenvalue weighted by Gasteiger charge is -2.31. The second-order valence-corrected chi connectivity index (χ2v) is 9.78. The molecule has 1 amide bonds. The molecule has 5 heteroatoms. The van der Waals surface area contributed by atoms with E-state index in [0.717, 1.165) is 17.4 Å². The second-order valence-electron chi connectivity index (χ2n) is 9.78. The highest BCUT2D eigenvalue weighted by Gasteiger charge is 2.26. The Kier molecular flexibility index (Phi) is 10.7. The molecule has 0 fully saturated rings. The van der Waals surface area contributed by atoms with Crippen LogP contribution in [0.4, 0.5) is 0 Å². The van der Waals surface area contributed by atoms with Gasteiger partial charge in [-0.05, 0) is 54.2 Å². The number of rotatable bonds is 14. The number of carbonyl (C=O) groups is 1. The highest BCUT2D eigenvalue weighted by atomic mass is 16.7. The van der Waals surface area contributed by atoms with Crippen LogP contribution in [0, 0.1) is 0 Å². The monoisotopic (exact) mass is 524 g/mol. The lowest BCUT2D eigenvalue weighted by molar-refractivity contribution is -0.159. The SMILES string of the molecule is CCOC(CN(CCC(c1ccccc1)c1ccccc1)C(=O)C(N)Cc1ccc2ccccc2c1)OCC. The van der Waals surface area contributed by atoms with Crippen LogP contribution in [0.1, 0.15) is 42.9 Å². The van der Waals surface area contributed by atoms with E-state index in [9.17, 15) is 4.79 Å². The van der Waals surface area contributed by atoms with Crippen molar-refractivity contribution in [2.75, 3.05) is 26.3 Å². The molecular formula is C34H40N2O3. The van der Waals surface area contributed by atoms with Crippen molar-refractivity contribution in [3.05, 3.63) is 120 Å². The molecule has 4 aromatic rings. The molecule has 4 aromatic carbocycles. The van der Waals surface area contributed by atoms with Crippen LogP contribution in [0.25, 0.3) is 10.8 Å². The van der Waals surface area contributed by atoms with Gasteiger partial charge >= 0.3 is 0 Å². The number of hydrogen-bond donors (Lipinski definition) is 1. The molecule has 0 saturated carbocycles. The molecule has 204 valence electrons. The number of amides is 1. The molecule has 0 bridgehead atoms. The maximum atomic E-state index is 13.8. The molecule has 0 saturated heterocycles. The van der Waals surface area contributed by atoms with Gasteiger partial charge in [0.1, 0.15) is 0 Å². The molecule has 0 radical (unpaired) electrons. The van der Waals surface area contributed by atoms with Crippen molar-refractivity contribution in [3.8, 4) is 0 Å². The van der Waals surface area contributed by atoms with Crippen molar-refractivity contribution in [3.63, 3.8) is 0 Å². The van der Waals surface area contributed by atoms with Gasteiger partial charge in [-0.3, -0.25) is 4.79 Å². The Morgan fingerprint density at radius 3 is 1.92 bits per heavy atom. The quantitative estimate of drug-likeness (QED) is 0.201. The van der Waals surface area contributed by atoms with Gasteiger partial charge in [-0.25, -0.2) is 0 Å². The van der Waals surface area contributed by atoms with Gasteiger partial charge in [0.05, 0.1) is 12.6 Å². The van der Waals surface area contributed by atoms with Gasteiger partial charge in [-0.15, -0.1) is 0 Å². The fourth-order valence-corrected chi connectivity index (χ4v) is 5.12. The molecule has 0 heterocycles. The summed E-state index contributed by atoms with van der Waals surface area (Å²) in [4.78, 5) is 15.7. The lowest BCUT2D eigenvalue weighted by atomic mass is 9.88. The van der Waals surface area contributed by atoms with E-state index >= 15 is 0 Å². The summed E-state index contributed by atoms with van der Waals surface area (Å²) >= 11 is 0. The predicted octanol–water partition coefficient (Wildman–Crippen LogP) is 6.16. The second kappa shape index (κ2) is 14.6. The summed E-state index contributed by atoms with van der Waals surface area (Å²) < 4.78 is 11.7. The maximum Gasteiger partial charge on any atom is 0.240 e. The van der Waals surface area contributed by atoms with Crippen LogP contribution in [0.15, 0.2) is 103 Å². The molecule has 1 unspecified atom stereocenters. The molecule has 0 aromatic heterocycles. The molecule has 2 N–H and O–H groups in total. The van der Waals surface area contributed by atoms with Gasteiger partial charge in [0, 0.05) is 25.7 Å². The zero-order valence-electron chi connectivity index (χ0n) is 23.0. The van der Waals surface area contributed by atoms with Gasteiger partial charge in [0.25, 0.3) is 0 Å². The number of ether oxygens (including phenoxy) is 2. The van der Waals surface area contributed by atoms with Gasteiger partial charge in [0.2, 0.25) is 5.91 Å². The third-order valence-corrected chi connectivity index (χ3v) is 7.06. The van der Waals surface area contributed by atoms with E-state index in [1.165, 1.54) is 16.5 Å². The van der Waals surface area contributed by atoms with Gasteiger partial charge < -0.3 is 20.1 Å². The smallest absolute Gasteiger partial charge is 0.240 e. The number of nitrogens with two attached hydrogens (primary N) is 1. The van der Waals surface area contributed by atoms with Crippen LogP contribution in [0.5, 0.6) is 0 Å². The Labute approximate surface area is 232 Å².